The summed E-state index contributed by atoms with van der Waals surface area (Å²) in [5.41, 5.74) is 3.16. The molecule has 0 bridgehead atoms. The fourth-order valence-electron chi connectivity index (χ4n) is 3.49. The molecule has 2 aliphatic rings. The summed E-state index contributed by atoms with van der Waals surface area (Å²) in [5, 5.41) is 2.74. The van der Waals surface area contributed by atoms with E-state index in [9.17, 15) is 17.6 Å². The molecule has 1 atom stereocenters. The number of sulfonamides is 1. The number of anilines is 1. The molecule has 0 spiro atoms. The van der Waals surface area contributed by atoms with Crippen LogP contribution in [0.5, 0.6) is 0 Å². The molecule has 0 radical (unpaired) electrons. The van der Waals surface area contributed by atoms with Crippen LogP contribution in [0.3, 0.4) is 0 Å². The van der Waals surface area contributed by atoms with Gasteiger partial charge in [0.2, 0.25) is 15.9 Å². The molecule has 7 heteroatoms. The molecule has 0 saturated heterocycles. The summed E-state index contributed by atoms with van der Waals surface area (Å²) in [7, 11) is -3.70. The predicted molar refractivity (Wildman–Crippen MR) is 91.2 cm³/mol. The highest BCUT2D eigenvalue weighted by Crippen LogP contribution is 2.33. The lowest BCUT2D eigenvalue weighted by atomic mass is 10.0. The third-order valence-corrected chi connectivity index (χ3v) is 6.23. The molecule has 1 heterocycles. The van der Waals surface area contributed by atoms with Crippen molar-refractivity contribution in [2.75, 3.05) is 5.32 Å². The first kappa shape index (κ1) is 16.2. The number of nitrogens with one attached hydrogen (secondary N) is 2. The monoisotopic (exact) mass is 360 g/mol. The maximum absolute atomic E-state index is 13.3. The number of carbonyl (C=O) groups is 1. The van der Waals surface area contributed by atoms with Gasteiger partial charge >= 0.3 is 0 Å². The van der Waals surface area contributed by atoms with Gasteiger partial charge in [0.25, 0.3) is 0 Å². The molecule has 130 valence electrons. The van der Waals surface area contributed by atoms with Crippen molar-refractivity contribution in [3.05, 3.63) is 58.9 Å². The van der Waals surface area contributed by atoms with Gasteiger partial charge in [0.05, 0.1) is 4.90 Å². The van der Waals surface area contributed by atoms with Crippen LogP contribution in [0.25, 0.3) is 0 Å². The van der Waals surface area contributed by atoms with Gasteiger partial charge < -0.3 is 5.32 Å². The standard InChI is InChI=1S/C18H17FN2O3S/c19-13-3-5-15-11(9-13)1-6-17(15)21-25(23,24)14-4-7-16-12(10-14)2-8-18(22)20-16/h3-5,7,9-10,17,21H,1-2,6,8H2,(H,20,22)/t17-/m0/s1. The molecule has 1 amide bonds. The van der Waals surface area contributed by atoms with Crippen molar-refractivity contribution in [3.63, 3.8) is 0 Å². The number of hydrogen-bond donors (Lipinski definition) is 2. The highest BCUT2D eigenvalue weighted by Gasteiger charge is 2.28. The number of rotatable bonds is 3. The van der Waals surface area contributed by atoms with Gasteiger partial charge in [-0.1, -0.05) is 6.07 Å². The summed E-state index contributed by atoms with van der Waals surface area (Å²) >= 11 is 0. The van der Waals surface area contributed by atoms with Crippen molar-refractivity contribution < 1.29 is 17.6 Å². The van der Waals surface area contributed by atoms with Crippen molar-refractivity contribution in [1.82, 2.24) is 4.72 Å². The second-order valence-corrected chi connectivity index (χ2v) is 8.14. The molecule has 0 unspecified atom stereocenters. The van der Waals surface area contributed by atoms with E-state index in [1.54, 1.807) is 18.2 Å². The molecule has 25 heavy (non-hydrogen) atoms. The number of carbonyl (C=O) groups excluding carboxylic acids is 1. The van der Waals surface area contributed by atoms with Crippen LogP contribution in [-0.2, 0) is 27.7 Å². The summed E-state index contributed by atoms with van der Waals surface area (Å²) in [6.45, 7) is 0. The zero-order valence-electron chi connectivity index (χ0n) is 13.4. The van der Waals surface area contributed by atoms with Crippen molar-refractivity contribution in [1.29, 1.82) is 0 Å². The molecule has 2 N–H and O–H groups in total. The molecular weight excluding hydrogens is 343 g/mol. The molecular formula is C18H17FN2O3S. The Balaban J connectivity index is 1.60. The first-order valence-corrected chi connectivity index (χ1v) is 9.64. The minimum atomic E-state index is -3.70. The molecule has 4 rings (SSSR count). The smallest absolute Gasteiger partial charge is 0.241 e. The molecule has 5 nitrogen and oxygen atoms in total. The summed E-state index contributed by atoms with van der Waals surface area (Å²) in [5.74, 6) is -0.366. The van der Waals surface area contributed by atoms with E-state index in [-0.39, 0.29) is 22.7 Å². The third kappa shape index (κ3) is 3.05. The fraction of sp³-hybridized carbons (Fsp3) is 0.278. The van der Waals surface area contributed by atoms with E-state index >= 15 is 0 Å². The first-order chi connectivity index (χ1) is 11.9. The molecule has 2 aromatic carbocycles. The van der Waals surface area contributed by atoms with E-state index < -0.39 is 10.0 Å². The molecule has 1 aliphatic carbocycles. The maximum Gasteiger partial charge on any atom is 0.241 e. The van der Waals surface area contributed by atoms with Crippen LogP contribution in [0.2, 0.25) is 0 Å². The van der Waals surface area contributed by atoms with E-state index in [2.05, 4.69) is 10.0 Å². The number of hydrogen-bond acceptors (Lipinski definition) is 3. The van der Waals surface area contributed by atoms with Gasteiger partial charge in [0, 0.05) is 18.2 Å². The lowest BCUT2D eigenvalue weighted by Gasteiger charge is -2.19. The minimum Gasteiger partial charge on any atom is -0.326 e. The number of fused-ring (bicyclic) bond motifs is 2. The van der Waals surface area contributed by atoms with Gasteiger partial charge in [-0.15, -0.1) is 0 Å². The number of aryl methyl sites for hydroxylation is 2. The van der Waals surface area contributed by atoms with Crippen LogP contribution < -0.4 is 10.0 Å². The Kier molecular flexibility index (Phi) is 3.85. The average molecular weight is 360 g/mol. The summed E-state index contributed by atoms with van der Waals surface area (Å²) in [4.78, 5) is 11.6. The Labute approximate surface area is 145 Å². The average Bonchev–Trinajstić information content (AvgIpc) is 2.95. The zero-order chi connectivity index (χ0) is 17.6. The van der Waals surface area contributed by atoms with Crippen LogP contribution >= 0.6 is 0 Å². The van der Waals surface area contributed by atoms with E-state index in [0.29, 0.717) is 31.4 Å². The zero-order valence-corrected chi connectivity index (χ0v) is 14.2. The van der Waals surface area contributed by atoms with Gasteiger partial charge in [-0.25, -0.2) is 17.5 Å². The van der Waals surface area contributed by atoms with Crippen LogP contribution in [-0.4, -0.2) is 14.3 Å². The summed E-state index contributed by atoms with van der Waals surface area (Å²) in [6, 6.07) is 8.84. The Morgan fingerprint density at radius 3 is 2.72 bits per heavy atom. The van der Waals surface area contributed by atoms with Crippen LogP contribution in [0.15, 0.2) is 41.3 Å². The molecule has 0 fully saturated rings. The minimum absolute atomic E-state index is 0.0592. The van der Waals surface area contributed by atoms with Gasteiger partial charge in [0.15, 0.2) is 0 Å². The normalized spacial score (nSPS) is 19.2. The van der Waals surface area contributed by atoms with Crippen LogP contribution in [0.4, 0.5) is 10.1 Å². The van der Waals surface area contributed by atoms with E-state index in [1.165, 1.54) is 18.2 Å². The molecule has 0 saturated carbocycles. The molecule has 2 aromatic rings. The quantitative estimate of drug-likeness (QED) is 0.884. The van der Waals surface area contributed by atoms with E-state index in [1.807, 2.05) is 0 Å². The highest BCUT2D eigenvalue weighted by molar-refractivity contribution is 7.89. The second-order valence-electron chi connectivity index (χ2n) is 6.42. The first-order valence-electron chi connectivity index (χ1n) is 8.16. The second kappa shape index (κ2) is 5.93. The number of benzene rings is 2. The predicted octanol–water partition coefficient (Wildman–Crippen LogP) is 2.68. The van der Waals surface area contributed by atoms with Crippen molar-refractivity contribution in [2.45, 2.75) is 36.6 Å². The Morgan fingerprint density at radius 2 is 1.88 bits per heavy atom. The third-order valence-electron chi connectivity index (χ3n) is 4.76. The van der Waals surface area contributed by atoms with Crippen LogP contribution in [0, 0.1) is 5.82 Å². The van der Waals surface area contributed by atoms with Crippen molar-refractivity contribution >= 4 is 21.6 Å². The van der Waals surface area contributed by atoms with E-state index in [0.717, 1.165) is 16.7 Å². The Hall–Kier alpha value is -2.25. The summed E-state index contributed by atoms with van der Waals surface area (Å²) < 4.78 is 41.5. The van der Waals surface area contributed by atoms with Gasteiger partial charge in [-0.3, -0.25) is 4.79 Å². The van der Waals surface area contributed by atoms with Crippen molar-refractivity contribution in [2.24, 2.45) is 0 Å². The fourth-order valence-corrected chi connectivity index (χ4v) is 4.79. The largest absolute Gasteiger partial charge is 0.326 e. The Morgan fingerprint density at radius 1 is 1.04 bits per heavy atom. The van der Waals surface area contributed by atoms with Crippen LogP contribution in [0.1, 0.15) is 35.6 Å². The van der Waals surface area contributed by atoms with Gasteiger partial charge in [-0.2, -0.15) is 0 Å². The Bertz CT molecular complexity index is 972. The summed E-state index contributed by atoms with van der Waals surface area (Å²) in [6.07, 6.45) is 2.14. The van der Waals surface area contributed by atoms with Gasteiger partial charge in [-0.05, 0) is 66.3 Å². The molecule has 1 aliphatic heterocycles. The maximum atomic E-state index is 13.3. The highest BCUT2D eigenvalue weighted by atomic mass is 32.2. The van der Waals surface area contributed by atoms with E-state index in [4.69, 9.17) is 0 Å². The van der Waals surface area contributed by atoms with Gasteiger partial charge in [0.1, 0.15) is 5.82 Å². The number of halogens is 1. The van der Waals surface area contributed by atoms with Crippen molar-refractivity contribution in [3.8, 4) is 0 Å². The number of amides is 1. The lowest BCUT2D eigenvalue weighted by molar-refractivity contribution is -0.116. The SMILES string of the molecule is O=C1CCc2cc(S(=O)(=O)N[C@H]3CCc4cc(F)ccc43)ccc2N1. The topological polar surface area (TPSA) is 75.3 Å². The molecule has 0 aromatic heterocycles. The lowest BCUT2D eigenvalue weighted by Crippen LogP contribution is -2.28.